The highest BCUT2D eigenvalue weighted by atomic mass is 16.6. The van der Waals surface area contributed by atoms with Gasteiger partial charge in [0.1, 0.15) is 5.69 Å². The number of likely N-dealkylation sites (N-methyl/N-ethyl adjacent to an activating group) is 1. The van der Waals surface area contributed by atoms with E-state index in [2.05, 4.69) is 10.6 Å². The molecule has 3 rings (SSSR count). The zero-order valence-corrected chi connectivity index (χ0v) is 11.2. The number of hydrogen-bond acceptors (Lipinski definition) is 5. The fraction of sp³-hybridized carbons (Fsp3) is 0.462. The molecule has 0 aromatic heterocycles. The maximum atomic E-state index is 11.4. The molecule has 1 saturated heterocycles. The Kier molecular flexibility index (Phi) is 3.06. The summed E-state index contributed by atoms with van der Waals surface area (Å²) in [5.41, 5.74) is 2.06. The van der Waals surface area contributed by atoms with Crippen molar-refractivity contribution in [3.8, 4) is 0 Å². The second kappa shape index (κ2) is 4.75. The van der Waals surface area contributed by atoms with Gasteiger partial charge in [-0.25, -0.2) is 0 Å². The molecule has 2 aliphatic rings. The van der Waals surface area contributed by atoms with Gasteiger partial charge in [-0.1, -0.05) is 0 Å². The minimum atomic E-state index is -0.368. The minimum absolute atomic E-state index is 0.0778. The van der Waals surface area contributed by atoms with E-state index < -0.39 is 0 Å². The number of carbonyl (C=O) groups is 1. The highest BCUT2D eigenvalue weighted by Crippen LogP contribution is 2.37. The largest absolute Gasteiger partial charge is 0.361 e. The quantitative estimate of drug-likeness (QED) is 0.630. The zero-order valence-electron chi connectivity index (χ0n) is 11.2. The smallest absolute Gasteiger partial charge is 0.292 e. The van der Waals surface area contributed by atoms with E-state index in [1.54, 1.807) is 6.07 Å². The molecule has 2 N–H and O–H groups in total. The van der Waals surface area contributed by atoms with Gasteiger partial charge in [-0.3, -0.25) is 14.9 Å². The Balaban J connectivity index is 2.06. The lowest BCUT2D eigenvalue weighted by atomic mass is 10.1. The average Bonchev–Trinajstić information content (AvgIpc) is 2.70. The first-order valence-corrected chi connectivity index (χ1v) is 6.68. The molecule has 1 aromatic rings. The third-order valence-electron chi connectivity index (χ3n) is 3.87. The predicted octanol–water partition coefficient (Wildman–Crippen LogP) is 0.887. The van der Waals surface area contributed by atoms with Gasteiger partial charge in [0.15, 0.2) is 0 Å². The van der Waals surface area contributed by atoms with E-state index in [0.717, 1.165) is 13.1 Å². The van der Waals surface area contributed by atoms with Gasteiger partial charge in [0.25, 0.3) is 5.69 Å². The average molecular weight is 276 g/mol. The van der Waals surface area contributed by atoms with Crippen molar-refractivity contribution in [2.45, 2.75) is 19.4 Å². The van der Waals surface area contributed by atoms with Gasteiger partial charge in [0.05, 0.1) is 17.4 Å². The summed E-state index contributed by atoms with van der Waals surface area (Å²) in [6.07, 6.45) is 0.216. The minimum Gasteiger partial charge on any atom is -0.361 e. The number of nitrogens with one attached hydrogen (secondary N) is 2. The second-order valence-electron chi connectivity index (χ2n) is 5.08. The van der Waals surface area contributed by atoms with Crippen molar-refractivity contribution in [1.82, 2.24) is 5.32 Å². The molecule has 0 unspecified atom stereocenters. The van der Waals surface area contributed by atoms with Crippen molar-refractivity contribution in [1.29, 1.82) is 0 Å². The molecule has 7 nitrogen and oxygen atoms in total. The molecule has 106 valence electrons. The first kappa shape index (κ1) is 12.9. The van der Waals surface area contributed by atoms with E-state index in [9.17, 15) is 14.9 Å². The number of benzene rings is 1. The van der Waals surface area contributed by atoms with Gasteiger partial charge in [-0.2, -0.15) is 0 Å². The molecule has 1 amide bonds. The van der Waals surface area contributed by atoms with Crippen molar-refractivity contribution < 1.29 is 9.72 Å². The van der Waals surface area contributed by atoms with Crippen LogP contribution in [0.3, 0.4) is 0 Å². The van der Waals surface area contributed by atoms with Crippen LogP contribution in [0.4, 0.5) is 17.1 Å². The third kappa shape index (κ3) is 2.00. The van der Waals surface area contributed by atoms with Crippen molar-refractivity contribution in [2.75, 3.05) is 29.9 Å². The van der Waals surface area contributed by atoms with Gasteiger partial charge >= 0.3 is 0 Å². The molecule has 2 heterocycles. The van der Waals surface area contributed by atoms with E-state index in [1.165, 1.54) is 6.07 Å². The third-order valence-corrected chi connectivity index (χ3v) is 3.87. The van der Waals surface area contributed by atoms with Gasteiger partial charge in [-0.05, 0) is 18.6 Å². The van der Waals surface area contributed by atoms with Crippen molar-refractivity contribution in [3.05, 3.63) is 27.8 Å². The van der Waals surface area contributed by atoms with Crippen LogP contribution in [0.25, 0.3) is 0 Å². The van der Waals surface area contributed by atoms with Crippen LogP contribution in [-0.4, -0.2) is 36.5 Å². The van der Waals surface area contributed by atoms with Gasteiger partial charge < -0.3 is 15.5 Å². The van der Waals surface area contributed by atoms with Gasteiger partial charge in [0, 0.05) is 31.4 Å². The fourth-order valence-electron chi connectivity index (χ4n) is 2.75. The molecule has 7 heteroatoms. The van der Waals surface area contributed by atoms with E-state index in [-0.39, 0.29) is 29.0 Å². The maximum absolute atomic E-state index is 11.4. The van der Waals surface area contributed by atoms with E-state index in [4.69, 9.17) is 0 Å². The van der Waals surface area contributed by atoms with Crippen LogP contribution in [0.5, 0.6) is 0 Å². The number of carbonyl (C=O) groups excluding carboxylic acids is 1. The summed E-state index contributed by atoms with van der Waals surface area (Å²) in [6.45, 7) is 4.33. The topological polar surface area (TPSA) is 87.5 Å². The summed E-state index contributed by atoms with van der Waals surface area (Å²) in [4.78, 5) is 24.4. The maximum Gasteiger partial charge on any atom is 0.292 e. The summed E-state index contributed by atoms with van der Waals surface area (Å²) in [5.74, 6) is -0.111. The predicted molar refractivity (Wildman–Crippen MR) is 75.1 cm³/mol. The SMILES string of the molecule is CCN(c1cc2c(cc1[N+](=O)[O-])CC(=O)N2)C1CNC1. The Morgan fingerprint density at radius 1 is 1.45 bits per heavy atom. The highest BCUT2D eigenvalue weighted by molar-refractivity contribution is 6.00. The lowest BCUT2D eigenvalue weighted by Crippen LogP contribution is -2.57. The van der Waals surface area contributed by atoms with Crippen molar-refractivity contribution in [2.24, 2.45) is 0 Å². The highest BCUT2D eigenvalue weighted by Gasteiger charge is 2.31. The molecular formula is C13H16N4O3. The standard InChI is InChI=1S/C13H16N4O3/c1-2-16(9-6-14-7-9)11-5-10-8(4-13(18)15-10)3-12(11)17(19)20/h3,5,9,14H,2,4,6-7H2,1H3,(H,15,18). The molecular weight excluding hydrogens is 260 g/mol. The molecule has 0 radical (unpaired) electrons. The Labute approximate surface area is 116 Å². The summed E-state index contributed by atoms with van der Waals surface area (Å²) < 4.78 is 0. The van der Waals surface area contributed by atoms with E-state index >= 15 is 0 Å². The van der Waals surface area contributed by atoms with Crippen LogP contribution in [0.15, 0.2) is 12.1 Å². The lowest BCUT2D eigenvalue weighted by molar-refractivity contribution is -0.384. The summed E-state index contributed by atoms with van der Waals surface area (Å²) >= 11 is 0. The number of nitro groups is 1. The summed E-state index contributed by atoms with van der Waals surface area (Å²) in [5, 5.41) is 17.2. The Hall–Kier alpha value is -2.15. The molecule has 20 heavy (non-hydrogen) atoms. The zero-order chi connectivity index (χ0) is 14.3. The van der Waals surface area contributed by atoms with Crippen LogP contribution in [-0.2, 0) is 11.2 Å². The van der Waals surface area contributed by atoms with Crippen molar-refractivity contribution >= 4 is 23.0 Å². The van der Waals surface area contributed by atoms with E-state index in [0.29, 0.717) is 23.5 Å². The molecule has 0 aliphatic carbocycles. The molecule has 0 saturated carbocycles. The molecule has 0 atom stereocenters. The van der Waals surface area contributed by atoms with Crippen LogP contribution < -0.4 is 15.5 Å². The fourth-order valence-corrected chi connectivity index (χ4v) is 2.75. The molecule has 1 fully saturated rings. The number of nitro benzene ring substituents is 1. The monoisotopic (exact) mass is 276 g/mol. The Morgan fingerprint density at radius 2 is 2.20 bits per heavy atom. The number of fused-ring (bicyclic) bond motifs is 1. The first-order chi connectivity index (χ1) is 9.60. The summed E-state index contributed by atoms with van der Waals surface area (Å²) in [6, 6.07) is 3.53. The molecule has 0 bridgehead atoms. The number of rotatable bonds is 4. The second-order valence-corrected chi connectivity index (χ2v) is 5.08. The van der Waals surface area contributed by atoms with Crippen LogP contribution in [0.1, 0.15) is 12.5 Å². The Morgan fingerprint density at radius 3 is 2.75 bits per heavy atom. The van der Waals surface area contributed by atoms with Crippen LogP contribution in [0.2, 0.25) is 0 Å². The van der Waals surface area contributed by atoms with E-state index in [1.807, 2.05) is 11.8 Å². The number of nitrogens with zero attached hydrogens (tertiary/aromatic N) is 2. The number of amides is 1. The Bertz CT molecular complexity index is 583. The van der Waals surface area contributed by atoms with Gasteiger partial charge in [-0.15, -0.1) is 0 Å². The lowest BCUT2D eigenvalue weighted by Gasteiger charge is -2.39. The molecule has 2 aliphatic heterocycles. The van der Waals surface area contributed by atoms with Gasteiger partial charge in [0.2, 0.25) is 5.91 Å². The first-order valence-electron chi connectivity index (χ1n) is 6.68. The summed E-state index contributed by atoms with van der Waals surface area (Å²) in [7, 11) is 0. The normalized spacial score (nSPS) is 17.4. The van der Waals surface area contributed by atoms with Crippen molar-refractivity contribution in [3.63, 3.8) is 0 Å². The number of hydrogen-bond donors (Lipinski definition) is 2. The van der Waals surface area contributed by atoms with Crippen LogP contribution >= 0.6 is 0 Å². The van der Waals surface area contributed by atoms with Crippen LogP contribution in [0, 0.1) is 10.1 Å². The molecule has 1 aromatic carbocycles. The molecule has 0 spiro atoms. The number of anilines is 2.